The number of rotatable bonds is 3. The normalized spacial score (nSPS) is 16.6. The first-order chi connectivity index (χ1) is 15.4. The molecule has 9 heteroatoms. The zero-order valence-electron chi connectivity index (χ0n) is 17.8. The van der Waals surface area contributed by atoms with E-state index in [-0.39, 0.29) is 11.5 Å². The standard InChI is InChI=1S/C23H22ClN5O2S/c1-13-4-3-9-28(12-13)20(30)15-6-8-17-19(10-15)26-23-29(21(17)31)27-22(32-23)25-18-11-16(24)7-5-14(18)2/h5-8,10-11,13H,3-4,9,12H2,1-2H3,(H,25,27)/t13-/m1/s1. The topological polar surface area (TPSA) is 79.6 Å². The molecule has 0 unspecified atom stereocenters. The van der Waals surface area contributed by atoms with Crippen LogP contribution in [-0.4, -0.2) is 38.5 Å². The van der Waals surface area contributed by atoms with Gasteiger partial charge >= 0.3 is 0 Å². The summed E-state index contributed by atoms with van der Waals surface area (Å²) in [4.78, 5) is 33.0. The van der Waals surface area contributed by atoms with Gasteiger partial charge in [-0.1, -0.05) is 35.9 Å². The molecule has 1 atom stereocenters. The lowest BCUT2D eigenvalue weighted by Crippen LogP contribution is -2.39. The second kappa shape index (κ2) is 8.18. The fourth-order valence-electron chi connectivity index (χ4n) is 4.09. The molecule has 0 spiro atoms. The van der Waals surface area contributed by atoms with Crippen molar-refractivity contribution >= 4 is 55.5 Å². The highest BCUT2D eigenvalue weighted by atomic mass is 35.5. The number of halogens is 1. The van der Waals surface area contributed by atoms with Crippen molar-refractivity contribution in [2.45, 2.75) is 26.7 Å². The van der Waals surface area contributed by atoms with Gasteiger partial charge in [-0.2, -0.15) is 4.52 Å². The number of hydrogen-bond donors (Lipinski definition) is 1. The molecule has 1 amide bonds. The number of nitrogens with zero attached hydrogens (tertiary/aromatic N) is 4. The molecule has 1 aliphatic heterocycles. The second-order valence-corrected chi connectivity index (χ2v) is 9.73. The third-order valence-corrected chi connectivity index (χ3v) is 6.89. The van der Waals surface area contributed by atoms with Gasteiger partial charge in [-0.05, 0) is 61.6 Å². The molecule has 3 heterocycles. The zero-order chi connectivity index (χ0) is 22.4. The first kappa shape index (κ1) is 20.9. The van der Waals surface area contributed by atoms with Crippen molar-refractivity contribution in [2.24, 2.45) is 5.92 Å². The third-order valence-electron chi connectivity index (χ3n) is 5.83. The van der Waals surface area contributed by atoms with Gasteiger partial charge in [-0.25, -0.2) is 4.98 Å². The van der Waals surface area contributed by atoms with E-state index in [4.69, 9.17) is 11.6 Å². The van der Waals surface area contributed by atoms with Crippen LogP contribution in [0.25, 0.3) is 15.9 Å². The van der Waals surface area contributed by atoms with Crippen molar-refractivity contribution in [2.75, 3.05) is 18.4 Å². The highest BCUT2D eigenvalue weighted by Crippen LogP contribution is 2.27. The Labute approximate surface area is 193 Å². The molecule has 1 fully saturated rings. The number of carbonyl (C=O) groups is 1. The van der Waals surface area contributed by atoms with E-state index in [0.29, 0.717) is 37.5 Å². The maximum atomic E-state index is 13.0. The van der Waals surface area contributed by atoms with Crippen LogP contribution in [0.5, 0.6) is 0 Å². The van der Waals surface area contributed by atoms with Crippen LogP contribution in [0.15, 0.2) is 41.2 Å². The molecule has 1 N–H and O–H groups in total. The molecule has 7 nitrogen and oxygen atoms in total. The van der Waals surface area contributed by atoms with Crippen LogP contribution in [0.3, 0.4) is 0 Å². The minimum absolute atomic E-state index is 0.0106. The molecule has 32 heavy (non-hydrogen) atoms. The number of carbonyl (C=O) groups excluding carboxylic acids is 1. The molecule has 0 bridgehead atoms. The number of fused-ring (bicyclic) bond motifs is 2. The number of aromatic nitrogens is 3. The fraction of sp³-hybridized carbons (Fsp3) is 0.304. The average molecular weight is 468 g/mol. The number of amides is 1. The lowest BCUT2D eigenvalue weighted by atomic mass is 9.99. The third kappa shape index (κ3) is 3.84. The summed E-state index contributed by atoms with van der Waals surface area (Å²) in [6, 6.07) is 10.6. The zero-order valence-corrected chi connectivity index (χ0v) is 19.3. The van der Waals surface area contributed by atoms with Gasteiger partial charge in [0.15, 0.2) is 0 Å². The van der Waals surface area contributed by atoms with Crippen LogP contribution < -0.4 is 10.9 Å². The lowest BCUT2D eigenvalue weighted by molar-refractivity contribution is 0.0683. The van der Waals surface area contributed by atoms with Gasteiger partial charge in [-0.15, -0.1) is 5.10 Å². The van der Waals surface area contributed by atoms with E-state index < -0.39 is 0 Å². The first-order valence-corrected chi connectivity index (χ1v) is 11.7. The van der Waals surface area contributed by atoms with Crippen LogP contribution in [-0.2, 0) is 0 Å². The number of hydrogen-bond acceptors (Lipinski definition) is 6. The van der Waals surface area contributed by atoms with Crippen LogP contribution in [0.2, 0.25) is 5.02 Å². The van der Waals surface area contributed by atoms with Gasteiger partial charge < -0.3 is 10.2 Å². The molecule has 0 saturated carbocycles. The SMILES string of the molecule is Cc1ccc(Cl)cc1Nc1nn2c(=O)c3ccc(C(=O)N4CCC[C@@H](C)C4)cc3nc2s1. The Bertz CT molecular complexity index is 1410. The quantitative estimate of drug-likeness (QED) is 0.464. The van der Waals surface area contributed by atoms with Gasteiger partial charge in [0, 0.05) is 29.4 Å². The maximum absolute atomic E-state index is 13.0. The minimum Gasteiger partial charge on any atom is -0.338 e. The predicted molar refractivity (Wildman–Crippen MR) is 128 cm³/mol. The number of aryl methyl sites for hydroxylation is 1. The minimum atomic E-state index is -0.261. The predicted octanol–water partition coefficient (Wildman–Crippen LogP) is 4.88. The van der Waals surface area contributed by atoms with Gasteiger partial charge in [0.1, 0.15) is 0 Å². The monoisotopic (exact) mass is 467 g/mol. The number of likely N-dealkylation sites (tertiary alicyclic amines) is 1. The van der Waals surface area contributed by atoms with E-state index >= 15 is 0 Å². The highest BCUT2D eigenvalue weighted by Gasteiger charge is 2.23. The van der Waals surface area contributed by atoms with Gasteiger partial charge in [0.2, 0.25) is 10.1 Å². The molecule has 2 aromatic carbocycles. The lowest BCUT2D eigenvalue weighted by Gasteiger charge is -2.31. The van der Waals surface area contributed by atoms with Crippen molar-refractivity contribution in [3.05, 3.63) is 62.9 Å². The molecule has 2 aromatic heterocycles. The second-order valence-electron chi connectivity index (χ2n) is 8.33. The van der Waals surface area contributed by atoms with Crippen molar-refractivity contribution in [3.63, 3.8) is 0 Å². The van der Waals surface area contributed by atoms with E-state index in [0.717, 1.165) is 37.2 Å². The number of piperidine rings is 1. The summed E-state index contributed by atoms with van der Waals surface area (Å²) in [5.74, 6) is 0.491. The van der Waals surface area contributed by atoms with Crippen molar-refractivity contribution < 1.29 is 4.79 Å². The van der Waals surface area contributed by atoms with Crippen molar-refractivity contribution in [1.29, 1.82) is 0 Å². The Hall–Kier alpha value is -2.97. The maximum Gasteiger partial charge on any atom is 0.283 e. The Morgan fingerprint density at radius 1 is 1.25 bits per heavy atom. The fourth-order valence-corrected chi connectivity index (χ4v) is 5.08. The Morgan fingerprint density at radius 2 is 2.09 bits per heavy atom. The number of nitrogens with one attached hydrogen (secondary N) is 1. The summed E-state index contributed by atoms with van der Waals surface area (Å²) in [5.41, 5.74) is 2.62. The van der Waals surface area contributed by atoms with E-state index in [2.05, 4.69) is 22.3 Å². The molecule has 0 aliphatic carbocycles. The smallest absolute Gasteiger partial charge is 0.283 e. The summed E-state index contributed by atoms with van der Waals surface area (Å²) in [5, 5.41) is 9.20. The molecule has 1 saturated heterocycles. The molecule has 1 aliphatic rings. The number of anilines is 2. The van der Waals surface area contributed by atoms with E-state index in [1.54, 1.807) is 18.2 Å². The number of benzene rings is 2. The summed E-state index contributed by atoms with van der Waals surface area (Å²) in [6.07, 6.45) is 2.16. The van der Waals surface area contributed by atoms with Gasteiger partial charge in [-0.3, -0.25) is 9.59 Å². The summed E-state index contributed by atoms with van der Waals surface area (Å²) in [6.45, 7) is 5.66. The first-order valence-electron chi connectivity index (χ1n) is 10.5. The summed E-state index contributed by atoms with van der Waals surface area (Å²) in [7, 11) is 0. The highest BCUT2D eigenvalue weighted by molar-refractivity contribution is 7.20. The van der Waals surface area contributed by atoms with Crippen LogP contribution in [0.4, 0.5) is 10.8 Å². The van der Waals surface area contributed by atoms with Gasteiger partial charge in [0.25, 0.3) is 11.5 Å². The van der Waals surface area contributed by atoms with Crippen LogP contribution in [0, 0.1) is 12.8 Å². The van der Waals surface area contributed by atoms with Gasteiger partial charge in [0.05, 0.1) is 10.9 Å². The molecule has 164 valence electrons. The Morgan fingerprint density at radius 3 is 2.91 bits per heavy atom. The summed E-state index contributed by atoms with van der Waals surface area (Å²) < 4.78 is 1.29. The molecular weight excluding hydrogens is 446 g/mol. The summed E-state index contributed by atoms with van der Waals surface area (Å²) >= 11 is 7.38. The molecular formula is C23H22ClN5O2S. The van der Waals surface area contributed by atoms with E-state index in [1.165, 1.54) is 15.9 Å². The van der Waals surface area contributed by atoms with Crippen LogP contribution >= 0.6 is 22.9 Å². The molecule has 5 rings (SSSR count). The van der Waals surface area contributed by atoms with Crippen LogP contribution in [0.1, 0.15) is 35.7 Å². The Balaban J connectivity index is 1.51. The Kier molecular flexibility index (Phi) is 5.35. The van der Waals surface area contributed by atoms with E-state index in [9.17, 15) is 9.59 Å². The van der Waals surface area contributed by atoms with Crippen molar-refractivity contribution in [3.8, 4) is 0 Å². The molecule has 4 aromatic rings. The molecule has 0 radical (unpaired) electrons. The average Bonchev–Trinajstić information content (AvgIpc) is 3.18. The van der Waals surface area contributed by atoms with E-state index in [1.807, 2.05) is 30.0 Å². The van der Waals surface area contributed by atoms with Crippen molar-refractivity contribution in [1.82, 2.24) is 19.5 Å². The largest absolute Gasteiger partial charge is 0.338 e.